The third kappa shape index (κ3) is 5.03. The molecule has 16 heavy (non-hydrogen) atoms. The van der Waals surface area contributed by atoms with Gasteiger partial charge in [0, 0.05) is 16.2 Å². The van der Waals surface area contributed by atoms with Gasteiger partial charge in [0.15, 0.2) is 0 Å². The van der Waals surface area contributed by atoms with E-state index in [4.69, 9.17) is 5.11 Å². The van der Waals surface area contributed by atoms with E-state index in [0.717, 1.165) is 5.56 Å². The number of carboxylic acids is 1. The molecule has 1 N–H and O–H groups in total. The fourth-order valence-electron chi connectivity index (χ4n) is 1.27. The van der Waals surface area contributed by atoms with E-state index in [0.29, 0.717) is 11.7 Å². The van der Waals surface area contributed by atoms with Gasteiger partial charge in [0.25, 0.3) is 0 Å². The lowest BCUT2D eigenvalue weighted by atomic mass is 10.1. The van der Waals surface area contributed by atoms with Gasteiger partial charge in [0.1, 0.15) is 0 Å². The summed E-state index contributed by atoms with van der Waals surface area (Å²) in [6.07, 6.45) is 3.50. The predicted octanol–water partition coefficient (Wildman–Crippen LogP) is 3.37. The number of thioether (sulfide) groups is 1. The van der Waals surface area contributed by atoms with Gasteiger partial charge >= 0.3 is 5.97 Å². The molecule has 0 bridgehead atoms. The Kier molecular flexibility index (Phi) is 5.12. The van der Waals surface area contributed by atoms with Crippen LogP contribution in [0, 0.1) is 0 Å². The normalized spacial score (nSPS) is 11.2. The molecule has 0 aliphatic heterocycles. The minimum absolute atomic E-state index is 0.581. The zero-order chi connectivity index (χ0) is 12.0. The highest BCUT2D eigenvalue weighted by atomic mass is 32.2. The van der Waals surface area contributed by atoms with Gasteiger partial charge in [0.05, 0.1) is 0 Å². The molecule has 0 atom stereocenters. The smallest absolute Gasteiger partial charge is 0.327 e. The van der Waals surface area contributed by atoms with Gasteiger partial charge in [-0.1, -0.05) is 32.1 Å². The molecule has 3 heteroatoms. The summed E-state index contributed by atoms with van der Waals surface area (Å²) in [5, 5.41) is 9.03. The van der Waals surface area contributed by atoms with Crippen molar-refractivity contribution in [2.24, 2.45) is 0 Å². The van der Waals surface area contributed by atoms with Crippen LogP contribution < -0.4 is 0 Å². The molecule has 0 aliphatic carbocycles. The number of rotatable bonds is 5. The van der Waals surface area contributed by atoms with Gasteiger partial charge in [-0.25, -0.2) is 4.79 Å². The zero-order valence-corrected chi connectivity index (χ0v) is 10.3. The Labute approximate surface area is 100 Å². The van der Waals surface area contributed by atoms with Crippen molar-refractivity contribution < 1.29 is 9.90 Å². The molecule has 1 rings (SSSR count). The minimum Gasteiger partial charge on any atom is -0.478 e. The molecular formula is C13H16O2S. The lowest BCUT2D eigenvalue weighted by Gasteiger charge is -2.05. The minimum atomic E-state index is -0.896. The summed E-state index contributed by atoms with van der Waals surface area (Å²) in [6.45, 7) is 4.32. The summed E-state index contributed by atoms with van der Waals surface area (Å²) in [7, 11) is 0. The van der Waals surface area contributed by atoms with E-state index >= 15 is 0 Å². The van der Waals surface area contributed by atoms with Crippen LogP contribution in [-0.2, 0) is 11.2 Å². The third-order valence-corrected chi connectivity index (χ3v) is 2.92. The van der Waals surface area contributed by atoms with Crippen LogP contribution >= 0.6 is 11.8 Å². The average molecular weight is 236 g/mol. The Morgan fingerprint density at radius 2 is 2.00 bits per heavy atom. The Balaban J connectivity index is 2.54. The van der Waals surface area contributed by atoms with Crippen molar-refractivity contribution in [2.75, 3.05) is 0 Å². The van der Waals surface area contributed by atoms with Crippen LogP contribution in [0.1, 0.15) is 19.4 Å². The van der Waals surface area contributed by atoms with Crippen molar-refractivity contribution in [3.05, 3.63) is 42.0 Å². The molecule has 1 aromatic rings. The molecule has 2 nitrogen and oxygen atoms in total. The number of carbonyl (C=O) groups is 1. The molecule has 0 saturated heterocycles. The molecule has 0 heterocycles. The molecule has 0 amide bonds. The van der Waals surface area contributed by atoms with Crippen molar-refractivity contribution >= 4 is 17.7 Å². The van der Waals surface area contributed by atoms with Gasteiger partial charge in [0.2, 0.25) is 0 Å². The van der Waals surface area contributed by atoms with Gasteiger partial charge in [-0.2, -0.15) is 0 Å². The Bertz CT molecular complexity index is 366. The first-order valence-electron chi connectivity index (χ1n) is 5.23. The van der Waals surface area contributed by atoms with Gasteiger partial charge in [-0.3, -0.25) is 0 Å². The van der Waals surface area contributed by atoms with Crippen LogP contribution in [0.2, 0.25) is 0 Å². The highest BCUT2D eigenvalue weighted by molar-refractivity contribution is 7.99. The lowest BCUT2D eigenvalue weighted by molar-refractivity contribution is -0.131. The van der Waals surface area contributed by atoms with E-state index < -0.39 is 5.97 Å². The van der Waals surface area contributed by atoms with Crippen LogP contribution in [0.3, 0.4) is 0 Å². The van der Waals surface area contributed by atoms with Gasteiger partial charge in [-0.05, 0) is 24.1 Å². The molecule has 0 saturated carbocycles. The topological polar surface area (TPSA) is 37.3 Å². The van der Waals surface area contributed by atoms with Crippen molar-refractivity contribution in [3.63, 3.8) is 0 Å². The molecule has 0 radical (unpaired) electrons. The summed E-state index contributed by atoms with van der Waals surface area (Å²) >= 11 is 1.82. The van der Waals surface area contributed by atoms with Gasteiger partial charge in [-0.15, -0.1) is 11.8 Å². The Hall–Kier alpha value is -1.22. The first-order valence-corrected chi connectivity index (χ1v) is 6.11. The first kappa shape index (κ1) is 12.8. The van der Waals surface area contributed by atoms with E-state index in [2.05, 4.69) is 26.0 Å². The maximum atomic E-state index is 10.3. The standard InChI is InChI=1S/C13H16O2S/c1-10(2)16-12-8-6-11(7-9-12)4-3-5-13(14)15/h3,5-10H,4H2,1-2H3,(H,14,15)/b5-3+. The summed E-state index contributed by atoms with van der Waals surface area (Å²) in [6, 6.07) is 8.23. The van der Waals surface area contributed by atoms with Crippen LogP contribution in [0.4, 0.5) is 0 Å². The van der Waals surface area contributed by atoms with Crippen LogP contribution in [0.5, 0.6) is 0 Å². The number of carboxylic acid groups (broad SMARTS) is 1. The fraction of sp³-hybridized carbons (Fsp3) is 0.308. The molecule has 0 unspecified atom stereocenters. The second-order valence-electron chi connectivity index (χ2n) is 3.76. The van der Waals surface area contributed by atoms with E-state index in [9.17, 15) is 4.79 Å². The maximum Gasteiger partial charge on any atom is 0.327 e. The Morgan fingerprint density at radius 1 is 1.38 bits per heavy atom. The van der Waals surface area contributed by atoms with E-state index in [-0.39, 0.29) is 0 Å². The van der Waals surface area contributed by atoms with E-state index in [1.807, 2.05) is 23.9 Å². The summed E-state index contributed by atoms with van der Waals surface area (Å²) in [4.78, 5) is 11.5. The number of allylic oxidation sites excluding steroid dienone is 1. The third-order valence-electron chi connectivity index (χ3n) is 1.91. The quantitative estimate of drug-likeness (QED) is 0.629. The fourth-order valence-corrected chi connectivity index (χ4v) is 2.11. The summed E-state index contributed by atoms with van der Waals surface area (Å²) in [5.74, 6) is -0.896. The average Bonchev–Trinajstić information content (AvgIpc) is 2.19. The molecule has 0 fully saturated rings. The van der Waals surface area contributed by atoms with Crippen molar-refractivity contribution in [3.8, 4) is 0 Å². The molecule has 86 valence electrons. The second kappa shape index (κ2) is 6.38. The number of hydrogen-bond acceptors (Lipinski definition) is 2. The van der Waals surface area contributed by atoms with Crippen molar-refractivity contribution in [1.82, 2.24) is 0 Å². The maximum absolute atomic E-state index is 10.3. The number of benzene rings is 1. The van der Waals surface area contributed by atoms with Crippen LogP contribution in [0.15, 0.2) is 41.3 Å². The van der Waals surface area contributed by atoms with Crippen LogP contribution in [0.25, 0.3) is 0 Å². The SMILES string of the molecule is CC(C)Sc1ccc(C/C=C/C(=O)O)cc1. The molecule has 0 spiro atoms. The molecule has 1 aromatic carbocycles. The molecular weight excluding hydrogens is 220 g/mol. The first-order chi connectivity index (χ1) is 7.58. The lowest BCUT2D eigenvalue weighted by Crippen LogP contribution is -1.88. The van der Waals surface area contributed by atoms with Crippen molar-refractivity contribution in [2.45, 2.75) is 30.4 Å². The Morgan fingerprint density at radius 3 is 2.50 bits per heavy atom. The highest BCUT2D eigenvalue weighted by Gasteiger charge is 1.98. The predicted molar refractivity (Wildman–Crippen MR) is 67.9 cm³/mol. The molecule has 0 aromatic heterocycles. The van der Waals surface area contributed by atoms with E-state index in [1.54, 1.807) is 6.08 Å². The largest absolute Gasteiger partial charge is 0.478 e. The second-order valence-corrected chi connectivity index (χ2v) is 5.41. The van der Waals surface area contributed by atoms with Crippen LogP contribution in [-0.4, -0.2) is 16.3 Å². The number of aliphatic carboxylic acids is 1. The van der Waals surface area contributed by atoms with E-state index in [1.165, 1.54) is 11.0 Å². The monoisotopic (exact) mass is 236 g/mol. The summed E-state index contributed by atoms with van der Waals surface area (Å²) in [5.41, 5.74) is 1.13. The van der Waals surface area contributed by atoms with Gasteiger partial charge < -0.3 is 5.11 Å². The number of hydrogen-bond donors (Lipinski definition) is 1. The zero-order valence-electron chi connectivity index (χ0n) is 9.51. The highest BCUT2D eigenvalue weighted by Crippen LogP contribution is 2.22. The van der Waals surface area contributed by atoms with Crippen molar-refractivity contribution in [1.29, 1.82) is 0 Å². The molecule has 0 aliphatic rings. The summed E-state index contributed by atoms with van der Waals surface area (Å²) < 4.78 is 0.